The van der Waals surface area contributed by atoms with E-state index >= 15 is 0 Å². The molecule has 5 rings (SSSR count). The van der Waals surface area contributed by atoms with E-state index in [0.29, 0.717) is 36.9 Å². The number of nitrogens with two attached hydrogens (primary N) is 1. The Balaban J connectivity index is 1.43. The lowest BCUT2D eigenvalue weighted by Gasteiger charge is -2.32. The van der Waals surface area contributed by atoms with Gasteiger partial charge in [0, 0.05) is 41.9 Å². The van der Waals surface area contributed by atoms with Crippen LogP contribution in [-0.4, -0.2) is 53.7 Å². The molecule has 3 heterocycles. The van der Waals surface area contributed by atoms with Crippen molar-refractivity contribution in [2.45, 2.75) is 32.2 Å². The zero-order valence-corrected chi connectivity index (χ0v) is 19.8. The van der Waals surface area contributed by atoms with Gasteiger partial charge in [-0.2, -0.15) is 0 Å². The molecule has 0 radical (unpaired) electrons. The number of imidazole rings is 1. The minimum Gasteiger partial charge on any atom is -0.379 e. The second-order valence-corrected chi connectivity index (χ2v) is 9.49. The zero-order chi connectivity index (χ0) is 23.8. The van der Waals surface area contributed by atoms with Crippen molar-refractivity contribution in [3.05, 3.63) is 52.5 Å². The molecule has 2 saturated heterocycles. The SMILES string of the molecule is Cc1cc2c(cc1Cl)nc(N1CCC(C(=O)NC3CCOC3)CC1)n2-c1ccc(C(N)=O)cc1. The number of carbonyl (C=O) groups is 2. The topological polar surface area (TPSA) is 102 Å². The van der Waals surface area contributed by atoms with Gasteiger partial charge in [-0.25, -0.2) is 4.98 Å². The fourth-order valence-corrected chi connectivity index (χ4v) is 4.90. The van der Waals surface area contributed by atoms with Crippen LogP contribution in [0.5, 0.6) is 0 Å². The van der Waals surface area contributed by atoms with Gasteiger partial charge in [-0.1, -0.05) is 11.6 Å². The van der Waals surface area contributed by atoms with E-state index in [1.165, 1.54) is 0 Å². The Labute approximate surface area is 203 Å². The Morgan fingerprint density at radius 1 is 1.15 bits per heavy atom. The number of ether oxygens (including phenoxy) is 1. The van der Waals surface area contributed by atoms with Crippen molar-refractivity contribution in [1.29, 1.82) is 0 Å². The van der Waals surface area contributed by atoms with Gasteiger partial charge in [0.05, 0.1) is 23.7 Å². The first-order chi connectivity index (χ1) is 16.4. The van der Waals surface area contributed by atoms with E-state index in [4.69, 9.17) is 27.1 Å². The normalized spacial score (nSPS) is 19.0. The van der Waals surface area contributed by atoms with Gasteiger partial charge in [-0.15, -0.1) is 0 Å². The molecule has 178 valence electrons. The number of carbonyl (C=O) groups excluding carboxylic acids is 2. The molecule has 9 heteroatoms. The van der Waals surface area contributed by atoms with E-state index in [0.717, 1.165) is 47.5 Å². The number of nitrogens with one attached hydrogen (secondary N) is 1. The van der Waals surface area contributed by atoms with E-state index in [1.807, 2.05) is 31.2 Å². The molecule has 1 atom stereocenters. The number of halogens is 1. The molecule has 2 fully saturated rings. The minimum atomic E-state index is -0.464. The number of piperidine rings is 1. The molecule has 3 N–H and O–H groups in total. The summed E-state index contributed by atoms with van der Waals surface area (Å²) >= 11 is 6.39. The molecule has 0 aliphatic carbocycles. The van der Waals surface area contributed by atoms with Gasteiger partial charge in [-0.05, 0) is 68.1 Å². The zero-order valence-electron chi connectivity index (χ0n) is 19.1. The molecular weight excluding hydrogens is 454 g/mol. The number of aromatic nitrogens is 2. The van der Waals surface area contributed by atoms with Crippen molar-refractivity contribution in [3.63, 3.8) is 0 Å². The molecule has 1 unspecified atom stereocenters. The van der Waals surface area contributed by atoms with Crippen LogP contribution >= 0.6 is 11.6 Å². The lowest BCUT2D eigenvalue weighted by Crippen LogP contribution is -2.44. The van der Waals surface area contributed by atoms with Crippen molar-refractivity contribution in [1.82, 2.24) is 14.9 Å². The summed E-state index contributed by atoms with van der Waals surface area (Å²) in [6.45, 7) is 4.71. The number of benzene rings is 2. The first kappa shape index (κ1) is 22.7. The summed E-state index contributed by atoms with van der Waals surface area (Å²) in [7, 11) is 0. The molecule has 3 aromatic rings. The maximum atomic E-state index is 12.7. The summed E-state index contributed by atoms with van der Waals surface area (Å²) in [5, 5.41) is 3.80. The Morgan fingerprint density at radius 2 is 1.88 bits per heavy atom. The fourth-order valence-electron chi connectivity index (χ4n) is 4.74. The largest absolute Gasteiger partial charge is 0.379 e. The first-order valence-corrected chi connectivity index (χ1v) is 12.0. The molecule has 0 saturated carbocycles. The number of anilines is 1. The quantitative estimate of drug-likeness (QED) is 0.582. The average molecular weight is 482 g/mol. The Hall–Kier alpha value is -3.10. The van der Waals surface area contributed by atoms with E-state index in [-0.39, 0.29) is 17.9 Å². The second-order valence-electron chi connectivity index (χ2n) is 9.08. The molecule has 2 aliphatic heterocycles. The molecule has 2 aromatic carbocycles. The number of primary amides is 1. The number of aryl methyl sites for hydroxylation is 1. The maximum Gasteiger partial charge on any atom is 0.248 e. The van der Waals surface area contributed by atoms with Crippen molar-refractivity contribution < 1.29 is 14.3 Å². The molecular formula is C25H28ClN5O3. The summed E-state index contributed by atoms with van der Waals surface area (Å²) in [4.78, 5) is 31.4. The maximum absolute atomic E-state index is 12.7. The van der Waals surface area contributed by atoms with Crippen LogP contribution < -0.4 is 16.0 Å². The monoisotopic (exact) mass is 481 g/mol. The third kappa shape index (κ3) is 4.35. The second kappa shape index (κ2) is 9.27. The Morgan fingerprint density at radius 3 is 2.53 bits per heavy atom. The highest BCUT2D eigenvalue weighted by Crippen LogP contribution is 2.33. The number of fused-ring (bicyclic) bond motifs is 1. The summed E-state index contributed by atoms with van der Waals surface area (Å²) in [5.74, 6) is 0.440. The van der Waals surface area contributed by atoms with Crippen LogP contribution in [0.2, 0.25) is 5.02 Å². The van der Waals surface area contributed by atoms with Crippen LogP contribution in [-0.2, 0) is 9.53 Å². The average Bonchev–Trinajstić information content (AvgIpc) is 3.47. The van der Waals surface area contributed by atoms with E-state index in [1.54, 1.807) is 12.1 Å². The van der Waals surface area contributed by atoms with Gasteiger partial charge in [0.2, 0.25) is 17.8 Å². The lowest BCUT2D eigenvalue weighted by atomic mass is 9.95. The van der Waals surface area contributed by atoms with Gasteiger partial charge in [0.25, 0.3) is 0 Å². The molecule has 2 amide bonds. The van der Waals surface area contributed by atoms with E-state index in [2.05, 4.69) is 14.8 Å². The van der Waals surface area contributed by atoms with Crippen LogP contribution in [0, 0.1) is 12.8 Å². The summed E-state index contributed by atoms with van der Waals surface area (Å²) in [5.41, 5.74) is 9.45. The predicted molar refractivity (Wildman–Crippen MR) is 132 cm³/mol. The molecule has 1 aromatic heterocycles. The molecule has 34 heavy (non-hydrogen) atoms. The molecule has 0 spiro atoms. The molecule has 0 bridgehead atoms. The van der Waals surface area contributed by atoms with E-state index < -0.39 is 5.91 Å². The number of nitrogens with zero attached hydrogens (tertiary/aromatic N) is 3. The third-order valence-corrected chi connectivity index (χ3v) is 7.16. The Bertz CT molecular complexity index is 1230. The number of hydrogen-bond donors (Lipinski definition) is 2. The standard InChI is InChI=1S/C25H28ClN5O3/c1-15-12-22-21(13-20(15)26)29-25(31(22)19-4-2-16(3-5-19)23(27)32)30-9-6-17(7-10-30)24(33)28-18-8-11-34-14-18/h2-5,12-13,17-18H,6-11,14H2,1H3,(H2,27,32)(H,28,33). The highest BCUT2D eigenvalue weighted by atomic mass is 35.5. The third-order valence-electron chi connectivity index (χ3n) is 6.75. The first-order valence-electron chi connectivity index (χ1n) is 11.6. The van der Waals surface area contributed by atoms with Crippen molar-refractivity contribution in [2.75, 3.05) is 31.2 Å². The van der Waals surface area contributed by atoms with Crippen LogP contribution in [0.15, 0.2) is 36.4 Å². The predicted octanol–water partition coefficient (Wildman–Crippen LogP) is 3.21. The van der Waals surface area contributed by atoms with Crippen molar-refractivity contribution >= 4 is 40.4 Å². The highest BCUT2D eigenvalue weighted by molar-refractivity contribution is 6.32. The van der Waals surface area contributed by atoms with Gasteiger partial charge >= 0.3 is 0 Å². The summed E-state index contributed by atoms with van der Waals surface area (Å²) in [6, 6.07) is 11.2. The van der Waals surface area contributed by atoms with E-state index in [9.17, 15) is 9.59 Å². The van der Waals surface area contributed by atoms with Crippen LogP contribution in [0.4, 0.5) is 5.95 Å². The van der Waals surface area contributed by atoms with Crippen LogP contribution in [0.25, 0.3) is 16.7 Å². The number of hydrogen-bond acceptors (Lipinski definition) is 5. The minimum absolute atomic E-state index is 0.0128. The van der Waals surface area contributed by atoms with Crippen LogP contribution in [0.3, 0.4) is 0 Å². The van der Waals surface area contributed by atoms with Gasteiger partial charge in [0.15, 0.2) is 0 Å². The number of rotatable bonds is 5. The smallest absolute Gasteiger partial charge is 0.248 e. The van der Waals surface area contributed by atoms with Crippen molar-refractivity contribution in [3.8, 4) is 5.69 Å². The molecule has 2 aliphatic rings. The summed E-state index contributed by atoms with van der Waals surface area (Å²) in [6.07, 6.45) is 2.39. The van der Waals surface area contributed by atoms with Crippen LogP contribution in [0.1, 0.15) is 35.2 Å². The lowest BCUT2D eigenvalue weighted by molar-refractivity contribution is -0.126. The van der Waals surface area contributed by atoms with Crippen molar-refractivity contribution in [2.24, 2.45) is 11.7 Å². The fraction of sp³-hybridized carbons (Fsp3) is 0.400. The molecule has 8 nitrogen and oxygen atoms in total. The van der Waals surface area contributed by atoms with Gasteiger partial charge < -0.3 is 20.7 Å². The Kier molecular flexibility index (Phi) is 6.18. The summed E-state index contributed by atoms with van der Waals surface area (Å²) < 4.78 is 7.46. The van der Waals surface area contributed by atoms with Gasteiger partial charge in [0.1, 0.15) is 0 Å². The highest BCUT2D eigenvalue weighted by Gasteiger charge is 2.30. The van der Waals surface area contributed by atoms with Gasteiger partial charge in [-0.3, -0.25) is 14.2 Å². The number of amides is 2.